The van der Waals surface area contributed by atoms with Gasteiger partial charge in [0.1, 0.15) is 5.75 Å². The Bertz CT molecular complexity index is 442. The van der Waals surface area contributed by atoms with Crippen molar-refractivity contribution in [2.75, 3.05) is 6.54 Å². The molecule has 4 heteroatoms. The fourth-order valence-corrected chi connectivity index (χ4v) is 1.69. The van der Waals surface area contributed by atoms with Crippen LogP contribution in [0, 0.1) is 12.8 Å². The third-order valence-electron chi connectivity index (χ3n) is 3.81. The molecule has 0 heterocycles. The van der Waals surface area contributed by atoms with E-state index in [2.05, 4.69) is 5.32 Å². The molecule has 0 aliphatic carbocycles. The SMILES string of the molecule is Cc1ccc(OC(C)C(=O)NC(C)(CN)C(C)C)cc1. The molecule has 4 nitrogen and oxygen atoms in total. The van der Waals surface area contributed by atoms with Crippen molar-refractivity contribution in [3.8, 4) is 5.75 Å². The largest absolute Gasteiger partial charge is 0.481 e. The second-order valence-electron chi connectivity index (χ2n) is 5.84. The maximum atomic E-state index is 12.2. The Balaban J connectivity index is 2.65. The first-order valence-corrected chi connectivity index (χ1v) is 7.04. The van der Waals surface area contributed by atoms with Crippen LogP contribution in [0.15, 0.2) is 24.3 Å². The standard InChI is InChI=1S/C16H26N2O2/c1-11(2)16(5,10-17)18-15(19)13(4)20-14-8-6-12(3)7-9-14/h6-9,11,13H,10,17H2,1-5H3,(H,18,19). The van der Waals surface area contributed by atoms with E-state index in [4.69, 9.17) is 10.5 Å². The summed E-state index contributed by atoms with van der Waals surface area (Å²) in [5.74, 6) is 0.799. The quantitative estimate of drug-likeness (QED) is 0.839. The normalized spacial score (nSPS) is 15.6. The predicted molar refractivity (Wildman–Crippen MR) is 81.7 cm³/mol. The molecule has 1 amide bonds. The molecule has 3 N–H and O–H groups in total. The summed E-state index contributed by atoms with van der Waals surface area (Å²) < 4.78 is 5.65. The molecule has 112 valence electrons. The second-order valence-corrected chi connectivity index (χ2v) is 5.84. The summed E-state index contributed by atoms with van der Waals surface area (Å²) in [6.45, 7) is 10.2. The van der Waals surface area contributed by atoms with Gasteiger partial charge in [-0.25, -0.2) is 0 Å². The lowest BCUT2D eigenvalue weighted by molar-refractivity contribution is -0.129. The average molecular weight is 278 g/mol. The molecule has 0 spiro atoms. The third kappa shape index (κ3) is 4.23. The Morgan fingerprint density at radius 3 is 2.30 bits per heavy atom. The summed E-state index contributed by atoms with van der Waals surface area (Å²) in [4.78, 5) is 12.2. The third-order valence-corrected chi connectivity index (χ3v) is 3.81. The van der Waals surface area contributed by atoms with Gasteiger partial charge >= 0.3 is 0 Å². The second kappa shape index (κ2) is 6.75. The van der Waals surface area contributed by atoms with Gasteiger partial charge in [0, 0.05) is 6.54 Å². The first kappa shape index (κ1) is 16.5. The van der Waals surface area contributed by atoms with Gasteiger partial charge in [0.2, 0.25) is 0 Å². The van der Waals surface area contributed by atoms with Crippen molar-refractivity contribution in [2.45, 2.75) is 46.3 Å². The van der Waals surface area contributed by atoms with Crippen molar-refractivity contribution in [3.05, 3.63) is 29.8 Å². The summed E-state index contributed by atoms with van der Waals surface area (Å²) in [6, 6.07) is 7.64. The van der Waals surface area contributed by atoms with Crippen molar-refractivity contribution in [2.24, 2.45) is 11.7 Å². The topological polar surface area (TPSA) is 64.3 Å². The molecule has 0 aliphatic heterocycles. The maximum absolute atomic E-state index is 12.2. The van der Waals surface area contributed by atoms with E-state index < -0.39 is 11.6 Å². The molecule has 1 rings (SSSR count). The van der Waals surface area contributed by atoms with Crippen molar-refractivity contribution < 1.29 is 9.53 Å². The van der Waals surface area contributed by atoms with Gasteiger partial charge in [-0.05, 0) is 38.8 Å². The molecular weight excluding hydrogens is 252 g/mol. The van der Waals surface area contributed by atoms with Gasteiger partial charge in [-0.1, -0.05) is 31.5 Å². The molecule has 0 radical (unpaired) electrons. The Kier molecular flexibility index (Phi) is 5.57. The minimum Gasteiger partial charge on any atom is -0.481 e. The minimum absolute atomic E-state index is 0.146. The van der Waals surface area contributed by atoms with E-state index in [9.17, 15) is 4.79 Å². The van der Waals surface area contributed by atoms with Crippen LogP contribution in [0.1, 0.15) is 33.3 Å². The molecule has 1 aromatic carbocycles. The molecule has 2 unspecified atom stereocenters. The highest BCUT2D eigenvalue weighted by atomic mass is 16.5. The zero-order chi connectivity index (χ0) is 15.3. The number of hydrogen-bond donors (Lipinski definition) is 2. The predicted octanol–water partition coefficient (Wildman–Crippen LogP) is 2.25. The first-order valence-electron chi connectivity index (χ1n) is 7.04. The van der Waals surface area contributed by atoms with Gasteiger partial charge in [0.05, 0.1) is 5.54 Å². The van der Waals surface area contributed by atoms with Crippen LogP contribution >= 0.6 is 0 Å². The lowest BCUT2D eigenvalue weighted by Crippen LogP contribution is -2.57. The molecule has 0 fully saturated rings. The van der Waals surface area contributed by atoms with Crippen LogP contribution in [-0.4, -0.2) is 24.1 Å². The first-order chi connectivity index (χ1) is 9.28. The van der Waals surface area contributed by atoms with Gasteiger partial charge in [-0.15, -0.1) is 0 Å². The van der Waals surface area contributed by atoms with Gasteiger partial charge in [-0.2, -0.15) is 0 Å². The Morgan fingerprint density at radius 1 is 1.30 bits per heavy atom. The molecule has 0 saturated heterocycles. The van der Waals surface area contributed by atoms with Gasteiger partial charge in [0.25, 0.3) is 5.91 Å². The number of ether oxygens (including phenoxy) is 1. The van der Waals surface area contributed by atoms with E-state index in [1.165, 1.54) is 0 Å². The van der Waals surface area contributed by atoms with E-state index in [-0.39, 0.29) is 11.8 Å². The van der Waals surface area contributed by atoms with Crippen molar-refractivity contribution >= 4 is 5.91 Å². The van der Waals surface area contributed by atoms with Crippen molar-refractivity contribution in [1.82, 2.24) is 5.32 Å². The van der Waals surface area contributed by atoms with Crippen LogP contribution in [-0.2, 0) is 4.79 Å². The Morgan fingerprint density at radius 2 is 1.85 bits per heavy atom. The number of carbonyl (C=O) groups is 1. The van der Waals surface area contributed by atoms with Crippen LogP contribution in [0.5, 0.6) is 5.75 Å². The van der Waals surface area contributed by atoms with Crippen LogP contribution < -0.4 is 15.8 Å². The number of nitrogens with one attached hydrogen (secondary N) is 1. The van der Waals surface area contributed by atoms with E-state index in [0.29, 0.717) is 12.3 Å². The van der Waals surface area contributed by atoms with Crippen LogP contribution in [0.4, 0.5) is 0 Å². The van der Waals surface area contributed by atoms with Gasteiger partial charge in [0.15, 0.2) is 6.10 Å². The van der Waals surface area contributed by atoms with Crippen molar-refractivity contribution in [3.63, 3.8) is 0 Å². The highest BCUT2D eigenvalue weighted by molar-refractivity contribution is 5.81. The number of benzene rings is 1. The highest BCUT2D eigenvalue weighted by Gasteiger charge is 2.30. The van der Waals surface area contributed by atoms with Crippen LogP contribution in [0.2, 0.25) is 0 Å². The summed E-state index contributed by atoms with van der Waals surface area (Å²) in [6.07, 6.45) is -0.553. The molecule has 0 aromatic heterocycles. The van der Waals surface area contributed by atoms with E-state index in [0.717, 1.165) is 5.56 Å². The molecule has 0 saturated carbocycles. The fourth-order valence-electron chi connectivity index (χ4n) is 1.69. The lowest BCUT2D eigenvalue weighted by Gasteiger charge is -2.34. The number of nitrogens with two attached hydrogens (primary N) is 1. The Labute approximate surface area is 121 Å². The summed E-state index contributed by atoms with van der Waals surface area (Å²) >= 11 is 0. The number of carbonyl (C=O) groups excluding carboxylic acids is 1. The summed E-state index contributed by atoms with van der Waals surface area (Å²) in [5.41, 5.74) is 6.51. The van der Waals surface area contributed by atoms with Crippen LogP contribution in [0.25, 0.3) is 0 Å². The molecule has 1 aromatic rings. The number of rotatable bonds is 6. The number of hydrogen-bond acceptors (Lipinski definition) is 3. The minimum atomic E-state index is -0.553. The lowest BCUT2D eigenvalue weighted by atomic mass is 9.88. The molecule has 2 atom stereocenters. The smallest absolute Gasteiger partial charge is 0.261 e. The number of amides is 1. The highest BCUT2D eigenvalue weighted by Crippen LogP contribution is 2.17. The Hall–Kier alpha value is -1.55. The van der Waals surface area contributed by atoms with Gasteiger partial charge < -0.3 is 15.8 Å². The summed E-state index contributed by atoms with van der Waals surface area (Å²) in [5, 5.41) is 2.98. The maximum Gasteiger partial charge on any atom is 0.261 e. The zero-order valence-corrected chi connectivity index (χ0v) is 13.1. The molecular formula is C16H26N2O2. The van der Waals surface area contributed by atoms with E-state index in [1.807, 2.05) is 52.0 Å². The molecule has 0 bridgehead atoms. The van der Waals surface area contributed by atoms with E-state index >= 15 is 0 Å². The molecule has 0 aliphatic rings. The van der Waals surface area contributed by atoms with E-state index in [1.54, 1.807) is 6.92 Å². The monoisotopic (exact) mass is 278 g/mol. The van der Waals surface area contributed by atoms with Gasteiger partial charge in [-0.3, -0.25) is 4.79 Å². The fraction of sp³-hybridized carbons (Fsp3) is 0.562. The van der Waals surface area contributed by atoms with Crippen LogP contribution in [0.3, 0.4) is 0 Å². The zero-order valence-electron chi connectivity index (χ0n) is 13.1. The van der Waals surface area contributed by atoms with Crippen molar-refractivity contribution in [1.29, 1.82) is 0 Å². The summed E-state index contributed by atoms with van der Waals surface area (Å²) in [7, 11) is 0. The number of aryl methyl sites for hydroxylation is 1. The molecule has 20 heavy (non-hydrogen) atoms. The average Bonchev–Trinajstić information content (AvgIpc) is 2.40.